The monoisotopic (exact) mass is 354 g/mol. The molecule has 1 atom stereocenters. The molecule has 1 rings (SSSR count). The first-order valence-corrected chi connectivity index (χ1v) is 8.77. The number of carbonyl (C=O) groups is 1. The van der Waals surface area contributed by atoms with E-state index in [1.165, 1.54) is 6.42 Å². The molecule has 6 heteroatoms. The Bertz CT molecular complexity index is 486. The molecule has 0 amide bonds. The number of aromatic nitrogens is 1. The smallest absolute Gasteiger partial charge is 0.303 e. The van der Waals surface area contributed by atoms with Gasteiger partial charge in [-0.05, 0) is 57.9 Å². The van der Waals surface area contributed by atoms with Crippen LogP contribution in [0.5, 0.6) is 0 Å². The number of nitrogens with one attached hydrogen (secondary N) is 1. The molecule has 1 aromatic heterocycles. The van der Waals surface area contributed by atoms with Crippen molar-refractivity contribution in [3.8, 4) is 0 Å². The number of hydrogen-bond acceptors (Lipinski definition) is 5. The molecule has 1 aromatic rings. The first-order chi connectivity index (χ1) is 11.8. The number of ether oxygens (including phenoxy) is 2. The first kappa shape index (κ1) is 23.5. The van der Waals surface area contributed by atoms with Gasteiger partial charge in [-0.1, -0.05) is 6.92 Å². The third kappa shape index (κ3) is 8.95. The number of nitrogens with zero attached hydrogens (tertiary/aromatic N) is 1. The average Bonchev–Trinajstić information content (AvgIpc) is 2.62. The van der Waals surface area contributed by atoms with Crippen LogP contribution in [0.4, 0.5) is 0 Å². The van der Waals surface area contributed by atoms with Gasteiger partial charge in [-0.15, -0.1) is 0 Å². The summed E-state index contributed by atoms with van der Waals surface area (Å²) in [5, 5.41) is 11.8. The van der Waals surface area contributed by atoms with E-state index in [0.717, 1.165) is 5.56 Å². The second kappa shape index (κ2) is 12.8. The molecule has 25 heavy (non-hydrogen) atoms. The minimum atomic E-state index is -0.898. The van der Waals surface area contributed by atoms with Gasteiger partial charge in [-0.25, -0.2) is 0 Å². The highest BCUT2D eigenvalue weighted by Gasteiger charge is 2.33. The number of aryl methyl sites for hydroxylation is 1. The Morgan fingerprint density at radius 2 is 2.00 bits per heavy atom. The highest BCUT2D eigenvalue weighted by Crippen LogP contribution is 2.30. The molecule has 6 nitrogen and oxygen atoms in total. The SMILES string of the molecule is CCC(C)NC.COC(CCCCC(=O)O)(OC)c1cc(C)ccn1. The van der Waals surface area contributed by atoms with Crippen molar-refractivity contribution in [1.29, 1.82) is 0 Å². The van der Waals surface area contributed by atoms with E-state index in [9.17, 15) is 4.79 Å². The molecule has 0 aromatic carbocycles. The average molecular weight is 354 g/mol. The van der Waals surface area contributed by atoms with Crippen molar-refractivity contribution >= 4 is 5.97 Å². The third-order valence-electron chi connectivity index (χ3n) is 4.22. The van der Waals surface area contributed by atoms with Crippen LogP contribution in [0.2, 0.25) is 0 Å². The van der Waals surface area contributed by atoms with Crippen molar-refractivity contribution in [1.82, 2.24) is 10.3 Å². The number of unbranched alkanes of at least 4 members (excludes halogenated alkanes) is 1. The van der Waals surface area contributed by atoms with Crippen molar-refractivity contribution in [2.75, 3.05) is 21.3 Å². The van der Waals surface area contributed by atoms with Gasteiger partial charge < -0.3 is 19.9 Å². The van der Waals surface area contributed by atoms with Crippen LogP contribution in [-0.4, -0.2) is 43.4 Å². The van der Waals surface area contributed by atoms with Gasteiger partial charge in [0.15, 0.2) is 0 Å². The summed E-state index contributed by atoms with van der Waals surface area (Å²) in [5.41, 5.74) is 1.79. The summed E-state index contributed by atoms with van der Waals surface area (Å²) in [5.74, 6) is -1.68. The second-order valence-corrected chi connectivity index (χ2v) is 6.08. The van der Waals surface area contributed by atoms with Gasteiger partial charge in [0.2, 0.25) is 5.79 Å². The molecule has 0 bridgehead atoms. The Labute approximate surface area is 151 Å². The van der Waals surface area contributed by atoms with Gasteiger partial charge in [-0.2, -0.15) is 0 Å². The number of hydrogen-bond donors (Lipinski definition) is 2. The molecule has 0 saturated heterocycles. The molecular weight excluding hydrogens is 320 g/mol. The third-order valence-corrected chi connectivity index (χ3v) is 4.22. The van der Waals surface area contributed by atoms with E-state index in [1.54, 1.807) is 20.4 Å². The predicted molar refractivity (Wildman–Crippen MR) is 99.6 cm³/mol. The van der Waals surface area contributed by atoms with Crippen molar-refractivity contribution in [2.45, 2.75) is 64.7 Å². The van der Waals surface area contributed by atoms with Crippen LogP contribution >= 0.6 is 0 Å². The molecule has 2 N–H and O–H groups in total. The van der Waals surface area contributed by atoms with Gasteiger partial charge in [0.25, 0.3) is 0 Å². The fourth-order valence-corrected chi connectivity index (χ4v) is 2.21. The molecule has 0 aliphatic carbocycles. The second-order valence-electron chi connectivity index (χ2n) is 6.08. The van der Waals surface area contributed by atoms with Crippen molar-refractivity contribution < 1.29 is 19.4 Å². The molecule has 1 heterocycles. The number of rotatable bonds is 10. The molecular formula is C19H34N2O4. The zero-order valence-electron chi connectivity index (χ0n) is 16.5. The van der Waals surface area contributed by atoms with Crippen LogP contribution in [0, 0.1) is 6.92 Å². The van der Waals surface area contributed by atoms with Gasteiger partial charge in [0, 0.05) is 39.3 Å². The molecule has 1 unspecified atom stereocenters. The number of pyridine rings is 1. The van der Waals surface area contributed by atoms with E-state index in [-0.39, 0.29) is 6.42 Å². The summed E-state index contributed by atoms with van der Waals surface area (Å²) < 4.78 is 11.0. The zero-order valence-corrected chi connectivity index (χ0v) is 16.5. The highest BCUT2D eigenvalue weighted by atomic mass is 16.7. The summed E-state index contributed by atoms with van der Waals surface area (Å²) >= 11 is 0. The van der Waals surface area contributed by atoms with E-state index in [2.05, 4.69) is 24.1 Å². The van der Waals surface area contributed by atoms with Crippen molar-refractivity contribution in [3.05, 3.63) is 29.6 Å². The largest absolute Gasteiger partial charge is 0.481 e. The van der Waals surface area contributed by atoms with Crippen LogP contribution < -0.4 is 5.32 Å². The van der Waals surface area contributed by atoms with Crippen molar-refractivity contribution in [3.63, 3.8) is 0 Å². The summed E-state index contributed by atoms with van der Waals surface area (Å²) in [6.45, 7) is 6.31. The van der Waals surface area contributed by atoms with E-state index >= 15 is 0 Å². The van der Waals surface area contributed by atoms with Crippen LogP contribution in [0.15, 0.2) is 18.3 Å². The lowest BCUT2D eigenvalue weighted by molar-refractivity contribution is -0.223. The standard InChI is InChI=1S/C14H21NO4.C5H13N/c1-11-7-9-15-12(10-11)14(18-2,19-3)8-5-4-6-13(16)17;1-4-5(2)6-3/h7,9-10H,4-6,8H2,1-3H3,(H,16,17);5-6H,4H2,1-3H3. The molecule has 0 aliphatic rings. The van der Waals surface area contributed by atoms with Crippen LogP contribution in [-0.2, 0) is 20.1 Å². The Kier molecular flexibility index (Phi) is 12.0. The minimum Gasteiger partial charge on any atom is -0.481 e. The normalized spacial score (nSPS) is 12.2. The number of carboxylic acids is 1. The Morgan fingerprint density at radius 1 is 1.36 bits per heavy atom. The molecule has 0 spiro atoms. The Balaban J connectivity index is 0.000000823. The summed E-state index contributed by atoms with van der Waals surface area (Å²) in [6.07, 6.45) is 4.96. The summed E-state index contributed by atoms with van der Waals surface area (Å²) in [7, 11) is 5.13. The summed E-state index contributed by atoms with van der Waals surface area (Å²) in [6, 6.07) is 4.51. The molecule has 144 valence electrons. The predicted octanol–water partition coefficient (Wildman–Crippen LogP) is 3.48. The fourth-order valence-electron chi connectivity index (χ4n) is 2.21. The summed E-state index contributed by atoms with van der Waals surface area (Å²) in [4.78, 5) is 14.8. The Morgan fingerprint density at radius 3 is 2.40 bits per heavy atom. The van der Waals surface area contributed by atoms with Gasteiger partial charge in [0.1, 0.15) is 0 Å². The number of carboxylic acid groups (broad SMARTS) is 1. The minimum absolute atomic E-state index is 0.157. The van der Waals surface area contributed by atoms with Gasteiger partial charge >= 0.3 is 5.97 Å². The molecule has 0 fully saturated rings. The molecule has 0 radical (unpaired) electrons. The van der Waals surface area contributed by atoms with Gasteiger partial charge in [0.05, 0.1) is 5.69 Å². The highest BCUT2D eigenvalue weighted by molar-refractivity contribution is 5.66. The van der Waals surface area contributed by atoms with Crippen molar-refractivity contribution in [2.24, 2.45) is 0 Å². The molecule has 0 saturated carbocycles. The lowest BCUT2D eigenvalue weighted by Crippen LogP contribution is -2.32. The lowest BCUT2D eigenvalue weighted by atomic mass is 10.0. The maximum absolute atomic E-state index is 10.5. The quantitative estimate of drug-likeness (QED) is 0.494. The van der Waals surface area contributed by atoms with Crippen LogP contribution in [0.3, 0.4) is 0 Å². The first-order valence-electron chi connectivity index (χ1n) is 8.77. The molecule has 0 aliphatic heterocycles. The number of aliphatic carboxylic acids is 1. The van der Waals surface area contributed by atoms with E-state index in [4.69, 9.17) is 14.6 Å². The van der Waals surface area contributed by atoms with Crippen LogP contribution in [0.25, 0.3) is 0 Å². The van der Waals surface area contributed by atoms with Crippen LogP contribution in [0.1, 0.15) is 57.2 Å². The van der Waals surface area contributed by atoms with E-state index in [1.807, 2.05) is 26.1 Å². The lowest BCUT2D eigenvalue weighted by Gasteiger charge is -2.30. The topological polar surface area (TPSA) is 80.7 Å². The Hall–Kier alpha value is -1.50. The maximum Gasteiger partial charge on any atom is 0.303 e. The van der Waals surface area contributed by atoms with Gasteiger partial charge in [-0.3, -0.25) is 9.78 Å². The van der Waals surface area contributed by atoms with E-state index < -0.39 is 11.8 Å². The maximum atomic E-state index is 10.5. The van der Waals surface area contributed by atoms with E-state index in [0.29, 0.717) is 31.0 Å². The zero-order chi connectivity index (χ0) is 19.3. The number of methoxy groups -OCH3 is 2. The fraction of sp³-hybridized carbons (Fsp3) is 0.684.